The van der Waals surface area contributed by atoms with Crippen LogP contribution in [0, 0.1) is 0 Å². The Labute approximate surface area is 132 Å². The minimum absolute atomic E-state index is 0.198. The number of halogens is 1. The average Bonchev–Trinajstić information content (AvgIpc) is 2.76. The van der Waals surface area contributed by atoms with Gasteiger partial charge >= 0.3 is 0 Å². The Balaban J connectivity index is 1.86. The molecule has 116 valence electrons. The van der Waals surface area contributed by atoms with Gasteiger partial charge < -0.3 is 5.32 Å². The van der Waals surface area contributed by atoms with E-state index in [0.29, 0.717) is 5.02 Å². The van der Waals surface area contributed by atoms with Crippen molar-refractivity contribution in [3.05, 3.63) is 34.9 Å². The number of carbonyl (C=O) groups excluding carboxylic acids is 3. The van der Waals surface area contributed by atoms with Crippen molar-refractivity contribution in [1.29, 1.82) is 0 Å². The first-order chi connectivity index (χ1) is 10.5. The zero-order valence-corrected chi connectivity index (χ0v) is 12.6. The Hall–Kier alpha value is -2.12. The minimum atomic E-state index is -0.816. The molecule has 3 rings (SSSR count). The van der Waals surface area contributed by atoms with E-state index in [2.05, 4.69) is 16.1 Å². The number of hydrogen-bond donors (Lipinski definition) is 3. The summed E-state index contributed by atoms with van der Waals surface area (Å²) in [6.07, 6.45) is -0.425. The smallest absolute Gasteiger partial charge is 0.264 e. The molecular weight excluding hydrogens is 308 g/mol. The fourth-order valence-electron chi connectivity index (χ4n) is 2.78. The molecule has 3 atom stereocenters. The molecule has 1 aromatic rings. The number of nitrogens with zero attached hydrogens (tertiary/aromatic N) is 1. The van der Waals surface area contributed by atoms with Crippen molar-refractivity contribution < 1.29 is 14.4 Å². The molecule has 0 bridgehead atoms. The number of hydrogen-bond acceptors (Lipinski definition) is 4. The fraction of sp³-hybridized carbons (Fsp3) is 0.357. The van der Waals surface area contributed by atoms with Gasteiger partial charge in [0.15, 0.2) is 0 Å². The largest absolute Gasteiger partial charge is 0.342 e. The van der Waals surface area contributed by atoms with E-state index >= 15 is 0 Å². The normalized spacial score (nSPS) is 27.4. The van der Waals surface area contributed by atoms with E-state index in [-0.39, 0.29) is 24.3 Å². The zero-order valence-electron chi connectivity index (χ0n) is 11.8. The highest BCUT2D eigenvalue weighted by Gasteiger charge is 2.48. The first-order valence-electron chi connectivity index (χ1n) is 6.87. The summed E-state index contributed by atoms with van der Waals surface area (Å²) in [5.74, 6) is -0.955. The number of amides is 3. The van der Waals surface area contributed by atoms with Gasteiger partial charge in [0.2, 0.25) is 11.8 Å². The Morgan fingerprint density at radius 3 is 2.86 bits per heavy atom. The molecule has 3 N–H and O–H groups in total. The number of benzene rings is 1. The van der Waals surface area contributed by atoms with Gasteiger partial charge in [-0.2, -0.15) is 0 Å². The molecule has 0 aromatic heterocycles. The number of hydrazine groups is 1. The average molecular weight is 323 g/mol. The summed E-state index contributed by atoms with van der Waals surface area (Å²) in [6.45, 7) is 1.33. The maximum Gasteiger partial charge on any atom is 0.264 e. The van der Waals surface area contributed by atoms with Crippen LogP contribution in [0.15, 0.2) is 24.3 Å². The lowest BCUT2D eigenvalue weighted by Crippen LogP contribution is -2.60. The predicted octanol–water partition coefficient (Wildman–Crippen LogP) is 0.0786. The van der Waals surface area contributed by atoms with E-state index in [1.165, 1.54) is 11.9 Å². The van der Waals surface area contributed by atoms with Gasteiger partial charge in [0.25, 0.3) is 5.91 Å². The molecule has 0 radical (unpaired) electrons. The molecule has 7 nitrogen and oxygen atoms in total. The predicted molar refractivity (Wildman–Crippen MR) is 78.3 cm³/mol. The lowest BCUT2D eigenvalue weighted by Gasteiger charge is -2.36. The van der Waals surface area contributed by atoms with E-state index in [1.807, 2.05) is 6.07 Å². The summed E-state index contributed by atoms with van der Waals surface area (Å²) in [6, 6.07) is 6.12. The van der Waals surface area contributed by atoms with Gasteiger partial charge in [-0.1, -0.05) is 23.7 Å². The third-order valence-electron chi connectivity index (χ3n) is 3.74. The molecule has 2 aliphatic heterocycles. The standard InChI is InChI=1S/C14H15ClN4O3/c1-7(20)16-12-13-17-10(8-3-2-4-9(15)5-8)6-11(21)19(13)18-14(12)22/h2-5,10,12-13,17H,6H2,1H3,(H,16,20)(H,18,22). The maximum absolute atomic E-state index is 12.2. The van der Waals surface area contributed by atoms with Gasteiger partial charge in [0.05, 0.1) is 0 Å². The number of carbonyl (C=O) groups is 3. The summed E-state index contributed by atoms with van der Waals surface area (Å²) in [5, 5.41) is 7.60. The second-order valence-electron chi connectivity index (χ2n) is 5.34. The molecule has 2 fully saturated rings. The van der Waals surface area contributed by atoms with Crippen molar-refractivity contribution in [2.75, 3.05) is 0 Å². The van der Waals surface area contributed by atoms with Crippen molar-refractivity contribution in [3.8, 4) is 0 Å². The molecule has 1 aromatic carbocycles. The molecule has 0 aliphatic carbocycles. The van der Waals surface area contributed by atoms with Crippen LogP contribution < -0.4 is 16.1 Å². The number of nitrogens with one attached hydrogen (secondary N) is 3. The van der Waals surface area contributed by atoms with E-state index in [9.17, 15) is 14.4 Å². The van der Waals surface area contributed by atoms with Crippen LogP contribution in [0.5, 0.6) is 0 Å². The van der Waals surface area contributed by atoms with Crippen LogP contribution in [-0.4, -0.2) is 34.9 Å². The van der Waals surface area contributed by atoms with Gasteiger partial charge in [0, 0.05) is 24.4 Å². The molecule has 2 saturated heterocycles. The Bertz CT molecular complexity index is 651. The third-order valence-corrected chi connectivity index (χ3v) is 3.97. The van der Waals surface area contributed by atoms with Gasteiger partial charge in [0.1, 0.15) is 12.2 Å². The van der Waals surface area contributed by atoms with Gasteiger partial charge in [-0.3, -0.25) is 25.1 Å². The molecule has 0 saturated carbocycles. The molecule has 2 heterocycles. The highest BCUT2D eigenvalue weighted by molar-refractivity contribution is 6.30. The van der Waals surface area contributed by atoms with E-state index in [1.54, 1.807) is 18.2 Å². The van der Waals surface area contributed by atoms with E-state index < -0.39 is 18.1 Å². The number of fused-ring (bicyclic) bond motifs is 1. The van der Waals surface area contributed by atoms with Crippen LogP contribution in [-0.2, 0) is 14.4 Å². The van der Waals surface area contributed by atoms with Gasteiger partial charge in [-0.25, -0.2) is 5.01 Å². The highest BCUT2D eigenvalue weighted by atomic mass is 35.5. The third kappa shape index (κ3) is 2.65. The highest BCUT2D eigenvalue weighted by Crippen LogP contribution is 2.28. The Kier molecular flexibility index (Phi) is 3.76. The molecule has 22 heavy (non-hydrogen) atoms. The second kappa shape index (κ2) is 5.58. The second-order valence-corrected chi connectivity index (χ2v) is 5.78. The molecular formula is C14H15ClN4O3. The molecule has 8 heteroatoms. The molecule has 3 amide bonds. The van der Waals surface area contributed by atoms with Crippen LogP contribution in [0.2, 0.25) is 5.02 Å². The van der Waals surface area contributed by atoms with E-state index in [0.717, 1.165) is 5.56 Å². The Morgan fingerprint density at radius 1 is 1.41 bits per heavy atom. The van der Waals surface area contributed by atoms with Gasteiger partial charge in [-0.15, -0.1) is 0 Å². The first-order valence-corrected chi connectivity index (χ1v) is 7.24. The summed E-state index contributed by atoms with van der Waals surface area (Å²) in [4.78, 5) is 35.4. The molecule has 2 aliphatic rings. The Morgan fingerprint density at radius 2 is 2.18 bits per heavy atom. The SMILES string of the molecule is CC(=O)NC1C(=O)NN2C(=O)CC(c3cccc(Cl)c3)NC12. The van der Waals surface area contributed by atoms with Crippen LogP contribution in [0.3, 0.4) is 0 Å². The molecule has 0 spiro atoms. The van der Waals surface area contributed by atoms with Crippen LogP contribution in [0.1, 0.15) is 24.9 Å². The topological polar surface area (TPSA) is 90.5 Å². The van der Waals surface area contributed by atoms with Crippen molar-refractivity contribution in [2.24, 2.45) is 0 Å². The van der Waals surface area contributed by atoms with Crippen molar-refractivity contribution >= 4 is 29.3 Å². The summed E-state index contributed by atoms with van der Waals surface area (Å²) in [5.41, 5.74) is 3.35. The summed E-state index contributed by atoms with van der Waals surface area (Å²) >= 11 is 5.99. The van der Waals surface area contributed by atoms with Crippen molar-refractivity contribution in [1.82, 2.24) is 21.1 Å². The van der Waals surface area contributed by atoms with Crippen molar-refractivity contribution in [3.63, 3.8) is 0 Å². The maximum atomic E-state index is 12.2. The lowest BCUT2D eigenvalue weighted by atomic mass is 9.99. The monoisotopic (exact) mass is 322 g/mol. The van der Waals surface area contributed by atoms with Crippen LogP contribution >= 0.6 is 11.6 Å². The van der Waals surface area contributed by atoms with E-state index in [4.69, 9.17) is 11.6 Å². The minimum Gasteiger partial charge on any atom is -0.342 e. The fourth-order valence-corrected chi connectivity index (χ4v) is 2.98. The summed E-state index contributed by atoms with van der Waals surface area (Å²) < 4.78 is 0. The number of rotatable bonds is 2. The quantitative estimate of drug-likeness (QED) is 0.719. The first kappa shape index (κ1) is 14.8. The van der Waals surface area contributed by atoms with Gasteiger partial charge in [-0.05, 0) is 17.7 Å². The van der Waals surface area contributed by atoms with Crippen LogP contribution in [0.25, 0.3) is 0 Å². The zero-order chi connectivity index (χ0) is 15.9. The molecule has 3 unspecified atom stereocenters. The lowest BCUT2D eigenvalue weighted by molar-refractivity contribution is -0.142. The summed E-state index contributed by atoms with van der Waals surface area (Å²) in [7, 11) is 0. The van der Waals surface area contributed by atoms with Crippen LogP contribution in [0.4, 0.5) is 0 Å². The van der Waals surface area contributed by atoms with Crippen molar-refractivity contribution in [2.45, 2.75) is 31.6 Å².